The minimum Gasteiger partial charge on any atom is -0.238 e. The van der Waals surface area contributed by atoms with Crippen LogP contribution in [0.2, 0.25) is 0 Å². The molecule has 0 N–H and O–H groups in total. The Bertz CT molecular complexity index is 438. The third-order valence-electron chi connectivity index (χ3n) is 1.58. The van der Waals surface area contributed by atoms with E-state index in [-0.39, 0.29) is 5.82 Å². The summed E-state index contributed by atoms with van der Waals surface area (Å²) in [4.78, 5) is 4.09. The lowest BCUT2D eigenvalue weighted by Crippen LogP contribution is -1.91. The molecular weight excluding hydrogens is 192 g/mol. The van der Waals surface area contributed by atoms with E-state index in [1.165, 1.54) is 17.4 Å². The molecule has 1 aromatic heterocycles. The van der Waals surface area contributed by atoms with E-state index in [1.807, 2.05) is 13.0 Å². The molecule has 62 valence electrons. The quantitative estimate of drug-likeness (QED) is 0.593. The maximum Gasteiger partial charge on any atom is 0.150 e. The highest BCUT2D eigenvalue weighted by Gasteiger charge is 2.05. The summed E-state index contributed by atoms with van der Waals surface area (Å²) in [5.41, 5.74) is 0.490. The van der Waals surface area contributed by atoms with Crippen molar-refractivity contribution in [2.45, 2.75) is 6.92 Å². The van der Waals surface area contributed by atoms with Gasteiger partial charge < -0.3 is 0 Å². The zero-order valence-electron chi connectivity index (χ0n) is 6.47. The van der Waals surface area contributed by atoms with Crippen LogP contribution in [0, 0.1) is 12.7 Å². The average molecular weight is 199 g/mol. The van der Waals surface area contributed by atoms with Crippen LogP contribution in [0.5, 0.6) is 0 Å². The van der Waals surface area contributed by atoms with Crippen LogP contribution in [-0.4, -0.2) is 4.98 Å². The van der Waals surface area contributed by atoms with Gasteiger partial charge in [-0.2, -0.15) is 0 Å². The van der Waals surface area contributed by atoms with Crippen molar-refractivity contribution >= 4 is 36.1 Å². The van der Waals surface area contributed by atoms with E-state index in [1.54, 1.807) is 0 Å². The van der Waals surface area contributed by atoms with Gasteiger partial charge in [0.15, 0.2) is 5.82 Å². The summed E-state index contributed by atoms with van der Waals surface area (Å²) >= 11 is 1.52. The maximum absolute atomic E-state index is 13.2. The van der Waals surface area contributed by atoms with E-state index in [0.717, 1.165) is 15.0 Å². The average Bonchev–Trinajstić information content (AvgIpc) is 2.29. The van der Waals surface area contributed by atoms with Crippen LogP contribution < -0.4 is 5.30 Å². The molecule has 4 heteroatoms. The second-order valence-corrected chi connectivity index (χ2v) is 4.48. The zero-order valence-corrected chi connectivity index (χ0v) is 8.44. The molecule has 0 aliphatic heterocycles. The van der Waals surface area contributed by atoms with Gasteiger partial charge in [0.1, 0.15) is 5.52 Å². The fourth-order valence-electron chi connectivity index (χ4n) is 1.12. The number of benzene rings is 1. The number of rotatable bonds is 0. The molecule has 0 spiro atoms. The predicted octanol–water partition coefficient (Wildman–Crippen LogP) is 2.24. The van der Waals surface area contributed by atoms with Gasteiger partial charge in [0, 0.05) is 0 Å². The molecule has 0 bridgehead atoms. The number of thiazole rings is 1. The van der Waals surface area contributed by atoms with Gasteiger partial charge in [-0.25, -0.2) is 9.37 Å². The number of nitrogens with zero attached hydrogens (tertiary/aromatic N) is 1. The van der Waals surface area contributed by atoms with E-state index < -0.39 is 0 Å². The lowest BCUT2D eigenvalue weighted by atomic mass is 10.3. The molecule has 0 saturated carbocycles. The highest BCUT2D eigenvalue weighted by molar-refractivity contribution is 7.27. The van der Waals surface area contributed by atoms with Gasteiger partial charge in [-0.1, -0.05) is 0 Å². The summed E-state index contributed by atoms with van der Waals surface area (Å²) in [6, 6.07) is 3.40. The molecule has 1 aromatic carbocycles. The molecule has 1 heterocycles. The van der Waals surface area contributed by atoms with Crippen molar-refractivity contribution in [3.8, 4) is 0 Å². The van der Waals surface area contributed by atoms with Crippen molar-refractivity contribution in [3.63, 3.8) is 0 Å². The molecule has 0 radical (unpaired) electrons. The van der Waals surface area contributed by atoms with E-state index in [2.05, 4.69) is 14.2 Å². The number of fused-ring (bicyclic) bond motifs is 1. The first-order valence-corrected chi connectivity index (χ1v) is 4.88. The number of halogens is 1. The smallest absolute Gasteiger partial charge is 0.150 e. The summed E-state index contributed by atoms with van der Waals surface area (Å²) in [7, 11) is 2.48. The zero-order chi connectivity index (χ0) is 8.72. The molecule has 0 aliphatic carbocycles. The van der Waals surface area contributed by atoms with Crippen LogP contribution in [0.3, 0.4) is 0 Å². The van der Waals surface area contributed by atoms with E-state index in [4.69, 9.17) is 0 Å². The van der Waals surface area contributed by atoms with Crippen molar-refractivity contribution in [1.29, 1.82) is 0 Å². The summed E-state index contributed by atoms with van der Waals surface area (Å²) in [5, 5.41) is 1.77. The maximum atomic E-state index is 13.2. The molecular formula is C8H7FNPS. The van der Waals surface area contributed by atoms with Gasteiger partial charge in [-0.3, -0.25) is 0 Å². The summed E-state index contributed by atoms with van der Waals surface area (Å²) in [6.07, 6.45) is 0. The molecule has 2 aromatic rings. The van der Waals surface area contributed by atoms with Gasteiger partial charge in [0.25, 0.3) is 0 Å². The van der Waals surface area contributed by atoms with Crippen LogP contribution in [0.4, 0.5) is 4.39 Å². The Morgan fingerprint density at radius 3 is 3.00 bits per heavy atom. The van der Waals surface area contributed by atoms with Crippen LogP contribution in [-0.2, 0) is 0 Å². The number of aryl methyl sites for hydroxylation is 1. The Balaban J connectivity index is 2.88. The minimum atomic E-state index is -0.234. The number of hydrogen-bond donors (Lipinski definition) is 0. The van der Waals surface area contributed by atoms with Crippen molar-refractivity contribution in [3.05, 3.63) is 23.0 Å². The Kier molecular flexibility index (Phi) is 1.85. The summed E-state index contributed by atoms with van der Waals surface area (Å²) in [5.74, 6) is -0.234. The van der Waals surface area contributed by atoms with Crippen LogP contribution >= 0.6 is 20.6 Å². The monoisotopic (exact) mass is 199 g/mol. The number of hydrogen-bond acceptors (Lipinski definition) is 2. The van der Waals surface area contributed by atoms with E-state index >= 15 is 0 Å². The molecule has 0 aliphatic rings. The molecule has 1 nitrogen and oxygen atoms in total. The largest absolute Gasteiger partial charge is 0.238 e. The molecule has 1 atom stereocenters. The highest BCUT2D eigenvalue weighted by atomic mass is 32.1. The lowest BCUT2D eigenvalue weighted by molar-refractivity contribution is 0.638. The standard InChI is InChI=1S/C8H7FNPS/c1-4-10-8-6(9)2-5(11)3-7(8)12-4/h2-3H,11H2,1H3. The fraction of sp³-hybridized carbons (Fsp3) is 0.125. The molecule has 2 rings (SSSR count). The normalized spacial score (nSPS) is 10.9. The molecule has 0 amide bonds. The van der Waals surface area contributed by atoms with Crippen LogP contribution in [0.15, 0.2) is 12.1 Å². The SMILES string of the molecule is Cc1nc2c(F)cc(P)cc2s1. The first kappa shape index (κ1) is 8.09. The fourth-order valence-corrected chi connectivity index (χ4v) is 2.44. The molecule has 12 heavy (non-hydrogen) atoms. The van der Waals surface area contributed by atoms with Gasteiger partial charge >= 0.3 is 0 Å². The Labute approximate surface area is 75.8 Å². The lowest BCUT2D eigenvalue weighted by Gasteiger charge is -1.92. The van der Waals surface area contributed by atoms with Crippen molar-refractivity contribution in [2.75, 3.05) is 0 Å². The van der Waals surface area contributed by atoms with Crippen molar-refractivity contribution < 1.29 is 4.39 Å². The van der Waals surface area contributed by atoms with Crippen LogP contribution in [0.1, 0.15) is 5.01 Å². The first-order chi connectivity index (χ1) is 5.66. The number of aromatic nitrogens is 1. The summed E-state index contributed by atoms with van der Waals surface area (Å²) in [6.45, 7) is 1.88. The van der Waals surface area contributed by atoms with Crippen molar-refractivity contribution in [2.24, 2.45) is 0 Å². The summed E-state index contributed by atoms with van der Waals surface area (Å²) < 4.78 is 14.1. The Hall–Kier alpha value is -0.530. The Morgan fingerprint density at radius 2 is 2.25 bits per heavy atom. The molecule has 0 saturated heterocycles. The van der Waals surface area contributed by atoms with Gasteiger partial charge in [0.05, 0.1) is 9.71 Å². The van der Waals surface area contributed by atoms with Crippen LogP contribution in [0.25, 0.3) is 10.2 Å². The highest BCUT2D eigenvalue weighted by Crippen LogP contribution is 2.23. The minimum absolute atomic E-state index is 0.234. The van der Waals surface area contributed by atoms with Gasteiger partial charge in [0.2, 0.25) is 0 Å². The van der Waals surface area contributed by atoms with E-state index in [0.29, 0.717) is 5.52 Å². The second-order valence-electron chi connectivity index (χ2n) is 2.58. The molecule has 0 fully saturated rings. The predicted molar refractivity (Wildman–Crippen MR) is 53.7 cm³/mol. The third kappa shape index (κ3) is 1.23. The third-order valence-corrected chi connectivity index (χ3v) is 2.83. The topological polar surface area (TPSA) is 12.9 Å². The van der Waals surface area contributed by atoms with Gasteiger partial charge in [-0.05, 0) is 24.4 Å². The Morgan fingerprint density at radius 1 is 1.50 bits per heavy atom. The second kappa shape index (κ2) is 2.75. The first-order valence-electron chi connectivity index (χ1n) is 3.49. The van der Waals surface area contributed by atoms with E-state index in [9.17, 15) is 4.39 Å². The van der Waals surface area contributed by atoms with Gasteiger partial charge in [-0.15, -0.1) is 20.6 Å². The van der Waals surface area contributed by atoms with Crippen molar-refractivity contribution in [1.82, 2.24) is 4.98 Å². The molecule has 1 unspecified atom stereocenters.